The smallest absolute Gasteiger partial charge is 0.312 e. The fraction of sp³-hybridized carbons (Fsp3) is 0.250. The van der Waals surface area contributed by atoms with Crippen LogP contribution in [0.5, 0.6) is 5.75 Å². The lowest BCUT2D eigenvalue weighted by atomic mass is 10.2. The Kier molecular flexibility index (Phi) is 4.83. The first kappa shape index (κ1) is 18.0. The van der Waals surface area contributed by atoms with Crippen LogP contribution in [-0.4, -0.2) is 37.4 Å². The molecule has 0 aliphatic rings. The van der Waals surface area contributed by atoms with E-state index in [1.54, 1.807) is 38.1 Å². The number of carbonyl (C=O) groups excluding carboxylic acids is 1. The molecular weight excluding hydrogens is 356 g/mol. The highest BCUT2D eigenvalue weighted by Gasteiger charge is 2.23. The third-order valence-electron chi connectivity index (χ3n) is 3.77. The van der Waals surface area contributed by atoms with Gasteiger partial charge in [-0.25, -0.2) is 0 Å². The van der Waals surface area contributed by atoms with Crippen LogP contribution < -0.4 is 10.5 Å². The maximum atomic E-state index is 11.1. The average molecular weight is 372 g/mol. The van der Waals surface area contributed by atoms with Gasteiger partial charge >= 0.3 is 5.69 Å². The van der Waals surface area contributed by atoms with Crippen molar-refractivity contribution in [3.8, 4) is 17.1 Å². The first-order chi connectivity index (χ1) is 12.8. The molecule has 2 aromatic heterocycles. The standard InChI is InChI=1S/C16H16N6O5/c1-9-15(22(24)25)10(2)21(19-9)7-14-18-16(20-27-14)11-3-5-12(6-4-11)26-8-13(17)23/h3-6H,7-8H2,1-2H3,(H2,17,23). The van der Waals surface area contributed by atoms with Gasteiger partial charge in [-0.1, -0.05) is 5.16 Å². The Morgan fingerprint density at radius 1 is 1.33 bits per heavy atom. The van der Waals surface area contributed by atoms with Crippen molar-refractivity contribution in [2.75, 3.05) is 6.61 Å². The molecule has 2 N–H and O–H groups in total. The number of aryl methyl sites for hydroxylation is 1. The lowest BCUT2D eigenvalue weighted by molar-refractivity contribution is -0.386. The van der Waals surface area contributed by atoms with Crippen LogP contribution in [0.15, 0.2) is 28.8 Å². The van der Waals surface area contributed by atoms with E-state index in [0.717, 1.165) is 0 Å². The second-order valence-corrected chi connectivity index (χ2v) is 5.73. The largest absolute Gasteiger partial charge is 0.484 e. The molecule has 11 nitrogen and oxygen atoms in total. The van der Waals surface area contributed by atoms with E-state index in [0.29, 0.717) is 28.5 Å². The average Bonchev–Trinajstić information content (AvgIpc) is 3.18. The number of aromatic nitrogens is 4. The van der Waals surface area contributed by atoms with Crippen LogP contribution in [-0.2, 0) is 11.3 Å². The number of nitrogens with zero attached hydrogens (tertiary/aromatic N) is 5. The number of hydrogen-bond acceptors (Lipinski definition) is 8. The van der Waals surface area contributed by atoms with Gasteiger partial charge in [0.1, 0.15) is 23.7 Å². The Morgan fingerprint density at radius 2 is 2.04 bits per heavy atom. The maximum absolute atomic E-state index is 11.1. The Labute approximate surface area is 152 Å². The van der Waals surface area contributed by atoms with Gasteiger partial charge in [0.05, 0.1) is 4.92 Å². The second-order valence-electron chi connectivity index (χ2n) is 5.73. The first-order valence-corrected chi connectivity index (χ1v) is 7.87. The number of benzene rings is 1. The number of amides is 1. The molecule has 0 atom stereocenters. The van der Waals surface area contributed by atoms with E-state index in [-0.39, 0.29) is 24.7 Å². The van der Waals surface area contributed by atoms with Crippen LogP contribution in [0.1, 0.15) is 17.3 Å². The molecule has 0 bridgehead atoms. The minimum Gasteiger partial charge on any atom is -0.484 e. The minimum absolute atomic E-state index is 0.0266. The van der Waals surface area contributed by atoms with Crippen LogP contribution in [0.25, 0.3) is 11.4 Å². The summed E-state index contributed by atoms with van der Waals surface area (Å²) in [6.07, 6.45) is 0. The van der Waals surface area contributed by atoms with Gasteiger partial charge in [0, 0.05) is 5.56 Å². The molecule has 0 spiro atoms. The molecule has 0 unspecified atom stereocenters. The fourth-order valence-electron chi connectivity index (χ4n) is 2.52. The summed E-state index contributed by atoms with van der Waals surface area (Å²) in [5, 5.41) is 19.1. The Bertz CT molecular complexity index is 991. The molecule has 1 aromatic carbocycles. The monoisotopic (exact) mass is 372 g/mol. The Hall–Kier alpha value is -3.76. The summed E-state index contributed by atoms with van der Waals surface area (Å²) in [4.78, 5) is 25.6. The topological polar surface area (TPSA) is 152 Å². The molecule has 0 fully saturated rings. The second kappa shape index (κ2) is 7.23. The molecule has 0 saturated carbocycles. The molecule has 0 saturated heterocycles. The zero-order chi connectivity index (χ0) is 19.6. The molecule has 2 heterocycles. The maximum Gasteiger partial charge on any atom is 0.312 e. The van der Waals surface area contributed by atoms with Crippen LogP contribution in [0.3, 0.4) is 0 Å². The van der Waals surface area contributed by atoms with Gasteiger partial charge in [-0.05, 0) is 38.1 Å². The quantitative estimate of drug-likeness (QED) is 0.482. The van der Waals surface area contributed by atoms with Crippen molar-refractivity contribution in [2.24, 2.45) is 5.73 Å². The van der Waals surface area contributed by atoms with Crippen molar-refractivity contribution >= 4 is 11.6 Å². The van der Waals surface area contributed by atoms with E-state index >= 15 is 0 Å². The lowest BCUT2D eigenvalue weighted by Gasteiger charge is -2.03. The zero-order valence-corrected chi connectivity index (χ0v) is 14.6. The Morgan fingerprint density at radius 3 is 2.63 bits per heavy atom. The molecule has 140 valence electrons. The van der Waals surface area contributed by atoms with Crippen molar-refractivity contribution in [2.45, 2.75) is 20.4 Å². The van der Waals surface area contributed by atoms with Crippen molar-refractivity contribution in [1.29, 1.82) is 0 Å². The van der Waals surface area contributed by atoms with Gasteiger partial charge in [0.2, 0.25) is 11.7 Å². The number of rotatable bonds is 7. The summed E-state index contributed by atoms with van der Waals surface area (Å²) in [5.74, 6) is 0.532. The van der Waals surface area contributed by atoms with Crippen molar-refractivity contribution in [1.82, 2.24) is 19.9 Å². The number of carbonyl (C=O) groups is 1. The molecule has 3 rings (SSSR count). The van der Waals surface area contributed by atoms with E-state index in [4.69, 9.17) is 15.0 Å². The minimum atomic E-state index is -0.564. The van der Waals surface area contributed by atoms with Crippen LogP contribution in [0.4, 0.5) is 5.69 Å². The summed E-state index contributed by atoms with van der Waals surface area (Å²) >= 11 is 0. The Balaban J connectivity index is 1.74. The van der Waals surface area contributed by atoms with E-state index < -0.39 is 10.8 Å². The van der Waals surface area contributed by atoms with Gasteiger partial charge < -0.3 is 15.0 Å². The summed E-state index contributed by atoms with van der Waals surface area (Å²) in [6, 6.07) is 6.72. The number of ether oxygens (including phenoxy) is 1. The molecular formula is C16H16N6O5. The van der Waals surface area contributed by atoms with E-state index in [2.05, 4.69) is 15.2 Å². The highest BCUT2D eigenvalue weighted by molar-refractivity contribution is 5.75. The molecule has 0 aliphatic heterocycles. The molecule has 1 amide bonds. The van der Waals surface area contributed by atoms with E-state index in [9.17, 15) is 14.9 Å². The lowest BCUT2D eigenvalue weighted by Crippen LogP contribution is -2.19. The molecule has 0 radical (unpaired) electrons. The fourth-order valence-corrected chi connectivity index (χ4v) is 2.52. The first-order valence-electron chi connectivity index (χ1n) is 7.87. The van der Waals surface area contributed by atoms with Gasteiger partial charge in [-0.3, -0.25) is 19.6 Å². The third-order valence-corrected chi connectivity index (χ3v) is 3.77. The number of nitrogens with two attached hydrogens (primary N) is 1. The number of primary amides is 1. The van der Waals surface area contributed by atoms with E-state index in [1.165, 1.54) is 4.68 Å². The van der Waals surface area contributed by atoms with Crippen LogP contribution in [0, 0.1) is 24.0 Å². The SMILES string of the molecule is Cc1nn(Cc2nc(-c3ccc(OCC(N)=O)cc3)no2)c(C)c1[N+](=O)[O-]. The zero-order valence-electron chi connectivity index (χ0n) is 14.6. The summed E-state index contributed by atoms with van der Waals surface area (Å²) in [5.41, 5.74) is 6.41. The van der Waals surface area contributed by atoms with Crippen molar-refractivity contribution in [3.63, 3.8) is 0 Å². The summed E-state index contributed by atoms with van der Waals surface area (Å²) < 4.78 is 11.8. The number of hydrogen-bond donors (Lipinski definition) is 1. The van der Waals surface area contributed by atoms with Gasteiger partial charge in [-0.15, -0.1) is 0 Å². The normalized spacial score (nSPS) is 10.7. The predicted octanol–water partition coefficient (Wildman–Crippen LogP) is 1.37. The van der Waals surface area contributed by atoms with Crippen molar-refractivity contribution in [3.05, 3.63) is 51.7 Å². The highest BCUT2D eigenvalue weighted by Crippen LogP contribution is 2.23. The molecule has 11 heteroatoms. The van der Waals surface area contributed by atoms with Gasteiger partial charge in [-0.2, -0.15) is 10.1 Å². The van der Waals surface area contributed by atoms with Gasteiger partial charge in [0.15, 0.2) is 6.61 Å². The predicted molar refractivity (Wildman–Crippen MR) is 91.9 cm³/mol. The summed E-state index contributed by atoms with van der Waals surface area (Å²) in [7, 11) is 0. The van der Waals surface area contributed by atoms with Crippen LogP contribution >= 0.6 is 0 Å². The van der Waals surface area contributed by atoms with Gasteiger partial charge in [0.25, 0.3) is 5.91 Å². The molecule has 3 aromatic rings. The highest BCUT2D eigenvalue weighted by atomic mass is 16.6. The molecule has 27 heavy (non-hydrogen) atoms. The molecule has 0 aliphatic carbocycles. The third kappa shape index (κ3) is 3.92. The summed E-state index contributed by atoms with van der Waals surface area (Å²) in [6.45, 7) is 3.09. The van der Waals surface area contributed by atoms with Crippen molar-refractivity contribution < 1.29 is 19.0 Å². The number of nitro groups is 1. The van der Waals surface area contributed by atoms with E-state index in [1.807, 2.05) is 0 Å². The van der Waals surface area contributed by atoms with Crippen LogP contribution in [0.2, 0.25) is 0 Å².